The zero-order valence-electron chi connectivity index (χ0n) is 12.2. The first kappa shape index (κ1) is 14.1. The van der Waals surface area contributed by atoms with Crippen molar-refractivity contribution in [2.24, 2.45) is 0 Å². The molecule has 0 aliphatic carbocycles. The number of hydrogen-bond donors (Lipinski definition) is 1. The smallest absolute Gasteiger partial charge is 0.165 e. The number of anilines is 1. The summed E-state index contributed by atoms with van der Waals surface area (Å²) in [7, 11) is 0. The van der Waals surface area contributed by atoms with Crippen molar-refractivity contribution in [3.05, 3.63) is 52.5 Å². The lowest BCUT2D eigenvalue weighted by Crippen LogP contribution is -2.24. The molecule has 1 aliphatic rings. The molecule has 1 aliphatic heterocycles. The number of hydrogen-bond acceptors (Lipinski definition) is 3. The van der Waals surface area contributed by atoms with Crippen molar-refractivity contribution in [1.29, 1.82) is 0 Å². The van der Waals surface area contributed by atoms with Crippen molar-refractivity contribution in [3.63, 3.8) is 0 Å². The molecule has 3 nitrogen and oxygen atoms in total. The van der Waals surface area contributed by atoms with Gasteiger partial charge in [0.15, 0.2) is 11.5 Å². The predicted octanol–water partition coefficient (Wildman–Crippen LogP) is 4.21. The van der Waals surface area contributed by atoms with Crippen LogP contribution in [-0.4, -0.2) is 5.60 Å². The summed E-state index contributed by atoms with van der Waals surface area (Å²) in [5.41, 5.74) is 8.25. The van der Waals surface area contributed by atoms with Crippen LogP contribution in [-0.2, 0) is 13.0 Å². The molecule has 2 N–H and O–H groups in total. The Morgan fingerprint density at radius 3 is 2.86 bits per heavy atom. The number of benzene rings is 2. The first-order valence-electron chi connectivity index (χ1n) is 6.92. The highest BCUT2D eigenvalue weighted by molar-refractivity contribution is 6.31. The Morgan fingerprint density at radius 1 is 1.29 bits per heavy atom. The summed E-state index contributed by atoms with van der Waals surface area (Å²) in [4.78, 5) is 0. The van der Waals surface area contributed by atoms with E-state index in [1.165, 1.54) is 5.56 Å². The van der Waals surface area contributed by atoms with Gasteiger partial charge in [-0.05, 0) is 32.0 Å². The van der Waals surface area contributed by atoms with E-state index in [1.54, 1.807) is 6.07 Å². The van der Waals surface area contributed by atoms with Gasteiger partial charge in [0.2, 0.25) is 0 Å². The molecule has 0 radical (unpaired) electrons. The van der Waals surface area contributed by atoms with Crippen LogP contribution in [0.15, 0.2) is 36.4 Å². The molecule has 21 heavy (non-hydrogen) atoms. The minimum atomic E-state index is -0.180. The van der Waals surface area contributed by atoms with Crippen LogP contribution in [0.1, 0.15) is 25.0 Å². The average Bonchev–Trinajstić information content (AvgIpc) is 2.72. The van der Waals surface area contributed by atoms with Gasteiger partial charge in [0.1, 0.15) is 12.2 Å². The molecule has 0 bridgehead atoms. The van der Waals surface area contributed by atoms with Crippen LogP contribution in [0.2, 0.25) is 5.02 Å². The molecule has 0 aromatic heterocycles. The van der Waals surface area contributed by atoms with Gasteiger partial charge >= 0.3 is 0 Å². The standard InChI is InChI=1S/C17H18ClNO2/c1-17(2)9-11-4-3-5-15(16(11)21-17)20-10-12-6-7-13(19)8-14(12)18/h3-8H,9-10,19H2,1-2H3. The van der Waals surface area contributed by atoms with E-state index in [0.29, 0.717) is 17.3 Å². The summed E-state index contributed by atoms with van der Waals surface area (Å²) in [6.45, 7) is 4.54. The Bertz CT molecular complexity index is 682. The van der Waals surface area contributed by atoms with Gasteiger partial charge in [-0.2, -0.15) is 0 Å². The van der Waals surface area contributed by atoms with Gasteiger partial charge < -0.3 is 15.2 Å². The number of ether oxygens (including phenoxy) is 2. The highest BCUT2D eigenvalue weighted by Crippen LogP contribution is 2.42. The number of nitrogen functional groups attached to an aromatic ring is 1. The molecule has 2 aromatic carbocycles. The molecule has 0 unspecified atom stereocenters. The normalized spacial score (nSPS) is 15.4. The van der Waals surface area contributed by atoms with Crippen LogP contribution in [0, 0.1) is 0 Å². The number of halogens is 1. The summed E-state index contributed by atoms with van der Waals surface area (Å²) in [6.07, 6.45) is 0.891. The molecule has 1 heterocycles. The monoisotopic (exact) mass is 303 g/mol. The number of para-hydroxylation sites is 1. The van der Waals surface area contributed by atoms with Crippen LogP contribution in [0.5, 0.6) is 11.5 Å². The first-order valence-corrected chi connectivity index (χ1v) is 7.30. The van der Waals surface area contributed by atoms with Crippen molar-refractivity contribution < 1.29 is 9.47 Å². The topological polar surface area (TPSA) is 44.5 Å². The van der Waals surface area contributed by atoms with Crippen molar-refractivity contribution in [2.75, 3.05) is 5.73 Å². The second kappa shape index (κ2) is 5.15. The van der Waals surface area contributed by atoms with E-state index in [2.05, 4.69) is 19.9 Å². The van der Waals surface area contributed by atoms with Gasteiger partial charge in [0.05, 0.1) is 0 Å². The largest absolute Gasteiger partial charge is 0.485 e. The van der Waals surface area contributed by atoms with Gasteiger partial charge in [-0.25, -0.2) is 0 Å². The average molecular weight is 304 g/mol. The third-order valence-corrected chi connectivity index (χ3v) is 3.87. The molecule has 4 heteroatoms. The van der Waals surface area contributed by atoms with E-state index in [0.717, 1.165) is 23.5 Å². The minimum Gasteiger partial charge on any atom is -0.485 e. The van der Waals surface area contributed by atoms with Crippen LogP contribution in [0.4, 0.5) is 5.69 Å². The molecular weight excluding hydrogens is 286 g/mol. The highest BCUT2D eigenvalue weighted by atomic mass is 35.5. The van der Waals surface area contributed by atoms with E-state index in [-0.39, 0.29) is 5.60 Å². The Morgan fingerprint density at radius 2 is 2.10 bits per heavy atom. The number of nitrogens with two attached hydrogens (primary N) is 1. The second-order valence-corrected chi connectivity index (χ2v) is 6.33. The van der Waals surface area contributed by atoms with Crippen LogP contribution < -0.4 is 15.2 Å². The fourth-order valence-corrected chi connectivity index (χ4v) is 2.78. The number of rotatable bonds is 3. The van der Waals surface area contributed by atoms with Crippen LogP contribution in [0.25, 0.3) is 0 Å². The quantitative estimate of drug-likeness (QED) is 0.864. The zero-order valence-corrected chi connectivity index (χ0v) is 12.9. The Kier molecular flexibility index (Phi) is 3.46. The maximum atomic E-state index is 6.17. The van der Waals surface area contributed by atoms with Crippen molar-refractivity contribution in [1.82, 2.24) is 0 Å². The first-order chi connectivity index (χ1) is 9.94. The molecular formula is C17H18ClNO2. The third-order valence-electron chi connectivity index (χ3n) is 3.52. The molecule has 0 atom stereocenters. The fraction of sp³-hybridized carbons (Fsp3) is 0.294. The predicted molar refractivity (Wildman–Crippen MR) is 85.0 cm³/mol. The highest BCUT2D eigenvalue weighted by Gasteiger charge is 2.32. The van der Waals surface area contributed by atoms with E-state index < -0.39 is 0 Å². The zero-order chi connectivity index (χ0) is 15.0. The molecule has 0 amide bonds. The molecule has 3 rings (SSSR count). The molecule has 0 fully saturated rings. The van der Waals surface area contributed by atoms with Gasteiger partial charge in [-0.15, -0.1) is 0 Å². The third kappa shape index (κ3) is 2.93. The molecule has 2 aromatic rings. The maximum absolute atomic E-state index is 6.17. The lowest BCUT2D eigenvalue weighted by Gasteiger charge is -2.18. The SMILES string of the molecule is CC1(C)Cc2cccc(OCc3ccc(N)cc3Cl)c2O1. The van der Waals surface area contributed by atoms with Crippen LogP contribution in [0.3, 0.4) is 0 Å². The number of fused-ring (bicyclic) bond motifs is 1. The van der Waals surface area contributed by atoms with E-state index >= 15 is 0 Å². The van der Waals surface area contributed by atoms with Crippen molar-refractivity contribution in [3.8, 4) is 11.5 Å². The summed E-state index contributed by atoms with van der Waals surface area (Å²) >= 11 is 6.17. The molecule has 110 valence electrons. The Balaban J connectivity index is 1.80. The fourth-order valence-electron chi connectivity index (χ4n) is 2.54. The summed E-state index contributed by atoms with van der Waals surface area (Å²) in [5, 5.41) is 0.615. The Labute approximate surface area is 129 Å². The molecule has 0 spiro atoms. The summed E-state index contributed by atoms with van der Waals surface area (Å²) in [6, 6.07) is 11.4. The lowest BCUT2D eigenvalue weighted by atomic mass is 10.0. The van der Waals surface area contributed by atoms with Gasteiger partial charge in [0, 0.05) is 28.3 Å². The van der Waals surface area contributed by atoms with Gasteiger partial charge in [-0.3, -0.25) is 0 Å². The minimum absolute atomic E-state index is 0.180. The van der Waals surface area contributed by atoms with Crippen molar-refractivity contribution >= 4 is 17.3 Å². The van der Waals surface area contributed by atoms with Gasteiger partial charge in [0.25, 0.3) is 0 Å². The van der Waals surface area contributed by atoms with Crippen molar-refractivity contribution in [2.45, 2.75) is 32.5 Å². The molecule has 0 saturated carbocycles. The van der Waals surface area contributed by atoms with E-state index in [1.807, 2.05) is 24.3 Å². The Hall–Kier alpha value is -1.87. The van der Waals surface area contributed by atoms with Gasteiger partial charge in [-0.1, -0.05) is 29.8 Å². The van der Waals surface area contributed by atoms with Crippen LogP contribution >= 0.6 is 11.6 Å². The molecule has 0 saturated heterocycles. The lowest BCUT2D eigenvalue weighted by molar-refractivity contribution is 0.131. The van der Waals surface area contributed by atoms with E-state index in [4.69, 9.17) is 26.8 Å². The maximum Gasteiger partial charge on any atom is 0.165 e. The summed E-state index contributed by atoms with van der Waals surface area (Å²) < 4.78 is 11.9. The summed E-state index contributed by atoms with van der Waals surface area (Å²) in [5.74, 6) is 1.60. The van der Waals surface area contributed by atoms with E-state index in [9.17, 15) is 0 Å². The second-order valence-electron chi connectivity index (χ2n) is 5.92.